The average Bonchev–Trinajstić information content (AvgIpc) is 3.43. The SMILES string of the molecule is O=C(Nc1cc2c(c3c1C(c1cc(F)ccc1Cl)NC3=O)n(C(F)F)/c(=N\C(F)F)n2CC(F)F)c1cc(F)cc(C(F)(F)F)c1. The number of rotatable bonds is 7. The van der Waals surface area contributed by atoms with Crippen molar-refractivity contribution >= 4 is 40.1 Å². The molecule has 0 bridgehead atoms. The van der Waals surface area contributed by atoms with Crippen molar-refractivity contribution in [3.8, 4) is 0 Å². The first-order chi connectivity index (χ1) is 21.5. The van der Waals surface area contributed by atoms with Crippen LogP contribution in [0.25, 0.3) is 11.0 Å². The Bertz CT molecular complexity index is 1950. The Hall–Kier alpha value is -4.61. The van der Waals surface area contributed by atoms with Gasteiger partial charge in [-0.3, -0.25) is 14.2 Å². The molecule has 0 fully saturated rings. The molecule has 19 heteroatoms. The fourth-order valence-electron chi connectivity index (χ4n) is 5.14. The van der Waals surface area contributed by atoms with Crippen LogP contribution in [0.2, 0.25) is 5.02 Å². The Kier molecular flexibility index (Phi) is 8.52. The number of aromatic nitrogens is 2. The van der Waals surface area contributed by atoms with Crippen LogP contribution >= 0.6 is 11.6 Å². The molecule has 1 unspecified atom stereocenters. The molecule has 3 aromatic carbocycles. The molecule has 0 saturated carbocycles. The summed E-state index contributed by atoms with van der Waals surface area (Å²) in [5.41, 5.74) is -7.66. The summed E-state index contributed by atoms with van der Waals surface area (Å²) in [7, 11) is 0. The fourth-order valence-corrected chi connectivity index (χ4v) is 5.37. The minimum atomic E-state index is -5.10. The second kappa shape index (κ2) is 12.0. The molecule has 0 saturated heterocycles. The largest absolute Gasteiger partial charge is 0.416 e. The highest BCUT2D eigenvalue weighted by atomic mass is 35.5. The summed E-state index contributed by atoms with van der Waals surface area (Å²) < 4.78 is 151. The van der Waals surface area contributed by atoms with Gasteiger partial charge in [0.1, 0.15) is 11.6 Å². The highest BCUT2D eigenvalue weighted by molar-refractivity contribution is 6.31. The zero-order valence-corrected chi connectivity index (χ0v) is 23.0. The Morgan fingerprint density at radius 1 is 1.00 bits per heavy atom. The van der Waals surface area contributed by atoms with E-state index in [-0.39, 0.29) is 31.9 Å². The average molecular weight is 686 g/mol. The van der Waals surface area contributed by atoms with Crippen molar-refractivity contribution in [2.75, 3.05) is 5.32 Å². The standard InChI is InChI=1S/C27H15ClF11N5O2/c28-14-2-1-11(29)6-13(14)20-18-15(40-22(45)9-3-10(27(37,38)39)5-12(30)4-9)7-16-21(19(18)23(46)41-20)44(25(35)36)26(42-24(33)34)43(16)8-17(31)32/h1-7,17,20,24-25H,8H2,(H,40,45)(H,41,46)/b42-26-. The molecule has 7 nitrogen and oxygen atoms in total. The van der Waals surface area contributed by atoms with E-state index in [9.17, 15) is 57.9 Å². The first kappa shape index (κ1) is 32.8. The predicted octanol–water partition coefficient (Wildman–Crippen LogP) is 7.26. The van der Waals surface area contributed by atoms with E-state index in [0.717, 1.165) is 18.2 Å². The number of imidazole rings is 1. The maximum absolute atomic E-state index is 14.5. The van der Waals surface area contributed by atoms with Crippen LogP contribution in [0.3, 0.4) is 0 Å². The quantitative estimate of drug-likeness (QED) is 0.159. The topological polar surface area (TPSA) is 80.4 Å². The minimum absolute atomic E-state index is 0.0967. The van der Waals surface area contributed by atoms with Gasteiger partial charge in [-0.05, 0) is 42.5 Å². The normalized spacial score (nSPS) is 15.4. The van der Waals surface area contributed by atoms with Crippen LogP contribution < -0.4 is 16.3 Å². The lowest BCUT2D eigenvalue weighted by Crippen LogP contribution is -2.30. The molecule has 1 atom stereocenters. The highest BCUT2D eigenvalue weighted by Crippen LogP contribution is 2.43. The van der Waals surface area contributed by atoms with Crippen molar-refractivity contribution in [3.05, 3.63) is 92.6 Å². The van der Waals surface area contributed by atoms with Crippen molar-refractivity contribution in [1.82, 2.24) is 14.5 Å². The van der Waals surface area contributed by atoms with Crippen LogP contribution in [0.5, 0.6) is 0 Å². The molecule has 1 aliphatic rings. The second-order valence-corrected chi connectivity index (χ2v) is 10.1. The number of fused-ring (bicyclic) bond motifs is 3. The number of hydrogen-bond acceptors (Lipinski definition) is 3. The van der Waals surface area contributed by atoms with Gasteiger partial charge in [0.25, 0.3) is 18.2 Å². The van der Waals surface area contributed by atoms with E-state index in [2.05, 4.69) is 15.6 Å². The van der Waals surface area contributed by atoms with Gasteiger partial charge in [-0.15, -0.1) is 0 Å². The molecule has 4 aromatic rings. The van der Waals surface area contributed by atoms with E-state index in [1.54, 1.807) is 0 Å². The van der Waals surface area contributed by atoms with Gasteiger partial charge in [0.2, 0.25) is 5.62 Å². The highest BCUT2D eigenvalue weighted by Gasteiger charge is 2.39. The molecule has 5 rings (SSSR count). The zero-order valence-electron chi connectivity index (χ0n) is 22.3. The molecule has 0 radical (unpaired) electrons. The summed E-state index contributed by atoms with van der Waals surface area (Å²) in [5, 5.41) is 4.22. The molecule has 1 aliphatic heterocycles. The number of nitrogens with zero attached hydrogens (tertiary/aromatic N) is 3. The van der Waals surface area contributed by atoms with E-state index in [1.807, 2.05) is 0 Å². The number of benzene rings is 3. The van der Waals surface area contributed by atoms with Gasteiger partial charge in [0, 0.05) is 27.4 Å². The summed E-state index contributed by atoms with van der Waals surface area (Å²) in [5.74, 6) is -5.08. The van der Waals surface area contributed by atoms with Gasteiger partial charge in [-0.25, -0.2) is 17.6 Å². The number of hydrogen-bond donors (Lipinski definition) is 2. The number of alkyl halides is 9. The maximum Gasteiger partial charge on any atom is 0.416 e. The molecule has 46 heavy (non-hydrogen) atoms. The molecule has 0 spiro atoms. The number of carbonyl (C=O) groups excluding carboxylic acids is 2. The summed E-state index contributed by atoms with van der Waals surface area (Å²) in [6.45, 7) is -8.99. The summed E-state index contributed by atoms with van der Waals surface area (Å²) in [6, 6.07) is 2.71. The number of nitrogens with one attached hydrogen (secondary N) is 2. The van der Waals surface area contributed by atoms with Crippen LogP contribution in [0, 0.1) is 11.6 Å². The Morgan fingerprint density at radius 3 is 2.30 bits per heavy atom. The van der Waals surface area contributed by atoms with Crippen LogP contribution in [0.4, 0.5) is 54.0 Å². The number of anilines is 1. The predicted molar refractivity (Wildman–Crippen MR) is 139 cm³/mol. The number of amides is 2. The monoisotopic (exact) mass is 685 g/mol. The van der Waals surface area contributed by atoms with Crippen LogP contribution in [0.1, 0.15) is 50.0 Å². The van der Waals surface area contributed by atoms with Crippen molar-refractivity contribution in [2.45, 2.75) is 38.3 Å². The Balaban J connectivity index is 1.87. The number of halogens is 12. The van der Waals surface area contributed by atoms with Crippen LogP contribution in [-0.2, 0) is 12.7 Å². The molecule has 2 N–H and O–H groups in total. The molecule has 2 heterocycles. The molecule has 0 aliphatic carbocycles. The van der Waals surface area contributed by atoms with E-state index < -0.39 is 106 Å². The van der Waals surface area contributed by atoms with Crippen molar-refractivity contribution in [3.63, 3.8) is 0 Å². The first-order valence-corrected chi connectivity index (χ1v) is 13.0. The van der Waals surface area contributed by atoms with E-state index in [4.69, 9.17) is 11.6 Å². The van der Waals surface area contributed by atoms with Crippen LogP contribution in [0.15, 0.2) is 47.5 Å². The van der Waals surface area contributed by atoms with Gasteiger partial charge >= 0.3 is 19.3 Å². The van der Waals surface area contributed by atoms with Gasteiger partial charge in [-0.2, -0.15) is 35.7 Å². The minimum Gasteiger partial charge on any atom is -0.341 e. The lowest BCUT2D eigenvalue weighted by molar-refractivity contribution is -0.137. The second-order valence-electron chi connectivity index (χ2n) is 9.69. The lowest BCUT2D eigenvalue weighted by atomic mass is 9.95. The van der Waals surface area contributed by atoms with Crippen molar-refractivity contribution < 1.29 is 57.9 Å². The molecule has 2 amide bonds. The number of carbonyl (C=O) groups is 2. The lowest BCUT2D eigenvalue weighted by Gasteiger charge is -2.19. The fraction of sp³-hybridized carbons (Fsp3) is 0.222. The third-order valence-electron chi connectivity index (χ3n) is 6.83. The molecular weight excluding hydrogens is 671 g/mol. The van der Waals surface area contributed by atoms with E-state index in [0.29, 0.717) is 12.1 Å². The maximum atomic E-state index is 14.5. The molecule has 244 valence electrons. The first-order valence-electron chi connectivity index (χ1n) is 12.6. The van der Waals surface area contributed by atoms with Gasteiger partial charge in [0.15, 0.2) is 0 Å². The van der Waals surface area contributed by atoms with Crippen molar-refractivity contribution in [1.29, 1.82) is 0 Å². The van der Waals surface area contributed by atoms with E-state index >= 15 is 0 Å². The van der Waals surface area contributed by atoms with E-state index in [1.165, 1.54) is 0 Å². The van der Waals surface area contributed by atoms with Gasteiger partial charge in [0.05, 0.1) is 34.7 Å². The third-order valence-corrected chi connectivity index (χ3v) is 7.18. The Labute approximate surface area is 253 Å². The smallest absolute Gasteiger partial charge is 0.341 e. The Morgan fingerprint density at radius 2 is 1.70 bits per heavy atom. The van der Waals surface area contributed by atoms with Gasteiger partial charge in [-0.1, -0.05) is 11.6 Å². The molecule has 1 aromatic heterocycles. The molecular formula is C27H15ClF11N5O2. The summed E-state index contributed by atoms with van der Waals surface area (Å²) in [6.07, 6.45) is -8.46. The van der Waals surface area contributed by atoms with Crippen molar-refractivity contribution in [2.24, 2.45) is 4.99 Å². The third kappa shape index (κ3) is 6.00. The zero-order chi connectivity index (χ0) is 33.8. The summed E-state index contributed by atoms with van der Waals surface area (Å²) in [4.78, 5) is 29.3. The van der Waals surface area contributed by atoms with Crippen LogP contribution in [-0.4, -0.2) is 33.9 Å². The summed E-state index contributed by atoms with van der Waals surface area (Å²) >= 11 is 6.20. The van der Waals surface area contributed by atoms with Gasteiger partial charge < -0.3 is 15.2 Å².